The molecule has 15 nitrogen and oxygen atoms in total. The summed E-state index contributed by atoms with van der Waals surface area (Å²) in [7, 11) is -3.92. The van der Waals surface area contributed by atoms with Crippen molar-refractivity contribution in [1.29, 1.82) is 0 Å². The van der Waals surface area contributed by atoms with Gasteiger partial charge in [0.1, 0.15) is 29.5 Å². The topological polar surface area (TPSA) is 189 Å². The number of carbonyl (C=O) groups excluding carboxylic acids is 4. The Morgan fingerprint density at radius 3 is 2.33 bits per heavy atom. The van der Waals surface area contributed by atoms with E-state index in [2.05, 4.69) is 22.0 Å². The number of urea groups is 1. The number of hydrazine groups is 1. The van der Waals surface area contributed by atoms with Crippen molar-refractivity contribution in [2.45, 2.75) is 86.9 Å². The number of hydrogen-bond acceptors (Lipinski definition) is 11. The zero-order valence-corrected chi connectivity index (χ0v) is 32.7. The van der Waals surface area contributed by atoms with Crippen LogP contribution in [-0.2, 0) is 30.9 Å². The third-order valence-electron chi connectivity index (χ3n) is 10.8. The van der Waals surface area contributed by atoms with Gasteiger partial charge in [0.2, 0.25) is 21.8 Å². The van der Waals surface area contributed by atoms with Crippen LogP contribution in [0.25, 0.3) is 21.6 Å². The van der Waals surface area contributed by atoms with Crippen LogP contribution in [-0.4, -0.2) is 87.8 Å². The van der Waals surface area contributed by atoms with E-state index in [1.165, 1.54) is 22.3 Å². The summed E-state index contributed by atoms with van der Waals surface area (Å²) in [6, 6.07) is 18.3. The van der Waals surface area contributed by atoms with Crippen molar-refractivity contribution in [1.82, 2.24) is 35.3 Å². The molecule has 3 saturated carbocycles. The van der Waals surface area contributed by atoms with Gasteiger partial charge in [0.05, 0.1) is 34.2 Å². The number of ether oxygens (including phenoxy) is 2. The number of carbonyl (C=O) groups is 4. The minimum Gasteiger partial charge on any atom is -0.471 e. The zero-order valence-electron chi connectivity index (χ0n) is 31.0. The van der Waals surface area contributed by atoms with Gasteiger partial charge in [0.15, 0.2) is 0 Å². The molecule has 4 aromatic rings. The van der Waals surface area contributed by atoms with E-state index >= 15 is 0 Å². The Morgan fingerprint density at radius 1 is 0.947 bits per heavy atom. The van der Waals surface area contributed by atoms with Crippen LogP contribution in [0.5, 0.6) is 5.88 Å². The minimum atomic E-state index is -3.92. The molecule has 4 atom stereocenters. The number of amides is 5. The molecule has 2 aromatic heterocycles. The van der Waals surface area contributed by atoms with Crippen molar-refractivity contribution in [2.75, 3.05) is 6.54 Å². The van der Waals surface area contributed by atoms with Crippen LogP contribution in [0.1, 0.15) is 56.9 Å². The zero-order chi connectivity index (χ0) is 39.7. The molecule has 1 aliphatic heterocycles. The van der Waals surface area contributed by atoms with Crippen LogP contribution in [0.15, 0.2) is 84.8 Å². The van der Waals surface area contributed by atoms with E-state index in [0.717, 1.165) is 35.6 Å². The SMILES string of the molecule is C=C[C@@H]1CC1(NC(=O)[C@@H]1CC(Oc2nc3ccccc3nc2-c2cccs2)CN1C(=O)N(Cc1ccccc1)NC(=O)OC1CCCC1)C(=O)NS(=O)(=O)C1CC1. The number of rotatable bonds is 12. The predicted octanol–water partition coefficient (Wildman–Crippen LogP) is 5.06. The van der Waals surface area contributed by atoms with Crippen LogP contribution in [0.3, 0.4) is 0 Å². The van der Waals surface area contributed by atoms with Crippen LogP contribution in [0, 0.1) is 5.92 Å². The molecule has 0 bridgehead atoms. The second kappa shape index (κ2) is 15.8. The molecule has 3 N–H and O–H groups in total. The van der Waals surface area contributed by atoms with Crippen molar-refractivity contribution in [3.05, 3.63) is 90.3 Å². The molecular formula is C40H43N7O8S2. The fourth-order valence-corrected chi connectivity index (χ4v) is 9.60. The van der Waals surface area contributed by atoms with E-state index in [-0.39, 0.29) is 37.9 Å². The molecule has 3 heterocycles. The standard InChI is InChI=1S/C40H43N7O8S2/c1-2-26-22-40(26,37(49)45-57(52,53)29-18-19-29)43-35(48)32-21-28(54-36-34(33-17-10-20-56-33)41-30-15-8-9-16-31(30)42-36)24-46(32)39(51)47(23-25-11-4-3-5-12-25)44-38(50)55-27-13-6-7-14-27/h2-5,8-12,15-17,20,26-29,32H,1,6-7,13-14,18-19,21-24H2,(H,43,48)(H,44,50)(H,45,49)/t26-,28?,32+,40?/m1/s1. The molecule has 57 heavy (non-hydrogen) atoms. The number of benzene rings is 2. The van der Waals surface area contributed by atoms with Gasteiger partial charge in [0.25, 0.3) is 5.91 Å². The summed E-state index contributed by atoms with van der Waals surface area (Å²) in [5, 5.41) is 5.17. The number of nitrogens with one attached hydrogen (secondary N) is 3. The number of thiophene rings is 1. The number of para-hydroxylation sites is 2. The number of aromatic nitrogens is 2. The number of sulfonamides is 1. The van der Waals surface area contributed by atoms with Gasteiger partial charge in [-0.25, -0.2) is 38.4 Å². The molecule has 0 radical (unpaired) electrons. The Morgan fingerprint density at radius 2 is 1.67 bits per heavy atom. The molecule has 4 aliphatic rings. The van der Waals surface area contributed by atoms with Gasteiger partial charge in [-0.05, 0) is 74.1 Å². The Kier molecular flexibility index (Phi) is 10.6. The van der Waals surface area contributed by atoms with Crippen molar-refractivity contribution in [2.24, 2.45) is 5.92 Å². The lowest BCUT2D eigenvalue weighted by molar-refractivity contribution is -0.131. The lowest BCUT2D eigenvalue weighted by Crippen LogP contribution is -2.59. The molecular weight excluding hydrogens is 771 g/mol. The van der Waals surface area contributed by atoms with E-state index in [1.807, 2.05) is 47.8 Å². The summed E-state index contributed by atoms with van der Waals surface area (Å²) >= 11 is 1.46. The first-order valence-corrected chi connectivity index (χ1v) is 21.5. The maximum Gasteiger partial charge on any atom is 0.426 e. The average Bonchev–Trinajstić information content (AvgIpc) is 3.96. The third kappa shape index (κ3) is 8.30. The number of likely N-dealkylation sites (tertiary alicyclic amines) is 1. The Labute approximate surface area is 333 Å². The van der Waals surface area contributed by atoms with Crippen molar-refractivity contribution in [3.8, 4) is 16.5 Å². The molecule has 298 valence electrons. The summed E-state index contributed by atoms with van der Waals surface area (Å²) in [4.78, 5) is 67.8. The predicted molar refractivity (Wildman–Crippen MR) is 211 cm³/mol. The normalized spacial score (nSPS) is 23.1. The molecule has 5 amide bonds. The van der Waals surface area contributed by atoms with Crippen LogP contribution in [0.4, 0.5) is 9.59 Å². The van der Waals surface area contributed by atoms with Crippen LogP contribution >= 0.6 is 11.3 Å². The van der Waals surface area contributed by atoms with E-state index in [0.29, 0.717) is 35.1 Å². The highest BCUT2D eigenvalue weighted by atomic mass is 32.2. The van der Waals surface area contributed by atoms with Crippen molar-refractivity contribution in [3.63, 3.8) is 0 Å². The van der Waals surface area contributed by atoms with Gasteiger partial charge in [-0.3, -0.25) is 14.3 Å². The first kappa shape index (κ1) is 38.3. The van der Waals surface area contributed by atoms with E-state index in [1.54, 1.807) is 24.3 Å². The Hall–Kier alpha value is -5.55. The van der Waals surface area contributed by atoms with Crippen LogP contribution in [0.2, 0.25) is 0 Å². The molecule has 1 saturated heterocycles. The monoisotopic (exact) mass is 813 g/mol. The van der Waals surface area contributed by atoms with E-state index < -0.39 is 62.8 Å². The number of hydrogen-bond donors (Lipinski definition) is 3. The largest absolute Gasteiger partial charge is 0.471 e. The highest BCUT2D eigenvalue weighted by Crippen LogP contribution is 2.45. The lowest BCUT2D eigenvalue weighted by atomic mass is 10.1. The molecule has 8 rings (SSSR count). The van der Waals surface area contributed by atoms with E-state index in [4.69, 9.17) is 19.4 Å². The molecule has 2 unspecified atom stereocenters. The average molecular weight is 814 g/mol. The van der Waals surface area contributed by atoms with Crippen molar-refractivity contribution < 1.29 is 37.1 Å². The second-order valence-electron chi connectivity index (χ2n) is 14.9. The lowest BCUT2D eigenvalue weighted by Gasteiger charge is -2.32. The first-order chi connectivity index (χ1) is 27.5. The summed E-state index contributed by atoms with van der Waals surface area (Å²) in [6.45, 7) is 3.63. The highest BCUT2D eigenvalue weighted by Gasteiger charge is 2.62. The maximum absolute atomic E-state index is 14.7. The molecule has 2 aromatic carbocycles. The fraction of sp³-hybridized carbons (Fsp3) is 0.400. The molecule has 4 fully saturated rings. The van der Waals surface area contributed by atoms with Gasteiger partial charge in [-0.2, -0.15) is 0 Å². The van der Waals surface area contributed by atoms with Crippen molar-refractivity contribution >= 4 is 56.3 Å². The van der Waals surface area contributed by atoms with Gasteiger partial charge in [-0.15, -0.1) is 17.9 Å². The molecule has 0 spiro atoms. The maximum atomic E-state index is 14.7. The quantitative estimate of drug-likeness (QED) is 0.129. The number of nitrogens with zero attached hydrogens (tertiary/aromatic N) is 4. The third-order valence-corrected chi connectivity index (χ3v) is 13.5. The van der Waals surface area contributed by atoms with E-state index in [9.17, 15) is 27.6 Å². The first-order valence-electron chi connectivity index (χ1n) is 19.1. The summed E-state index contributed by atoms with van der Waals surface area (Å²) in [5.74, 6) is -1.89. The fourth-order valence-electron chi connectivity index (χ4n) is 7.53. The van der Waals surface area contributed by atoms with Gasteiger partial charge in [-0.1, -0.05) is 54.6 Å². The summed E-state index contributed by atoms with van der Waals surface area (Å²) in [6.07, 6.45) is 3.94. The molecule has 3 aliphatic carbocycles. The minimum absolute atomic E-state index is 0.0293. The Bertz CT molecular complexity index is 2280. The highest BCUT2D eigenvalue weighted by molar-refractivity contribution is 7.91. The summed E-state index contributed by atoms with van der Waals surface area (Å²) in [5.41, 5.74) is 3.48. The molecule has 17 heteroatoms. The number of fused-ring (bicyclic) bond motifs is 1. The Balaban J connectivity index is 1.10. The van der Waals surface area contributed by atoms with Crippen LogP contribution < -0.4 is 20.2 Å². The van der Waals surface area contributed by atoms with Gasteiger partial charge in [0, 0.05) is 12.3 Å². The second-order valence-corrected chi connectivity index (χ2v) is 17.9. The van der Waals surface area contributed by atoms with Gasteiger partial charge < -0.3 is 19.7 Å². The summed E-state index contributed by atoms with van der Waals surface area (Å²) < 4.78 is 40.0. The smallest absolute Gasteiger partial charge is 0.426 e. The van der Waals surface area contributed by atoms with Gasteiger partial charge >= 0.3 is 12.1 Å².